The van der Waals surface area contributed by atoms with Crippen LogP contribution in [0.2, 0.25) is 0 Å². The van der Waals surface area contributed by atoms with Crippen molar-refractivity contribution in [1.29, 1.82) is 0 Å². The van der Waals surface area contributed by atoms with E-state index in [0.29, 0.717) is 11.3 Å². The molecule has 3 rings (SSSR count). The van der Waals surface area contributed by atoms with Crippen LogP contribution in [0.25, 0.3) is 0 Å². The van der Waals surface area contributed by atoms with Crippen molar-refractivity contribution in [2.24, 2.45) is 0 Å². The minimum absolute atomic E-state index is 0.0907. The van der Waals surface area contributed by atoms with Crippen molar-refractivity contribution < 1.29 is 26.5 Å². The van der Waals surface area contributed by atoms with Gasteiger partial charge in [-0.2, -0.15) is 0 Å². The molecule has 0 aromatic heterocycles. The third kappa shape index (κ3) is 5.41. The predicted molar refractivity (Wildman–Crippen MR) is 124 cm³/mol. The van der Waals surface area contributed by atoms with Gasteiger partial charge in [-0.3, -0.25) is 19.6 Å². The van der Waals surface area contributed by atoms with Crippen molar-refractivity contribution in [2.75, 3.05) is 16.6 Å². The maximum atomic E-state index is 12.8. The summed E-state index contributed by atoms with van der Waals surface area (Å²) in [5, 5.41) is 11.0. The molecule has 0 heterocycles. The van der Waals surface area contributed by atoms with Gasteiger partial charge in [0.1, 0.15) is 5.75 Å². The number of hydrogen-bond acceptors (Lipinski definition) is 7. The van der Waals surface area contributed by atoms with Crippen molar-refractivity contribution in [2.45, 2.75) is 23.6 Å². The first kappa shape index (κ1) is 24.0. The number of nitrogens with one attached hydrogen (secondary N) is 2. The fraction of sp³-hybridized carbons (Fsp3) is 0.143. The van der Waals surface area contributed by atoms with Crippen LogP contribution in [0.4, 0.5) is 17.1 Å². The number of benzene rings is 3. The number of nitrogens with zero attached hydrogens (tertiary/aromatic N) is 1. The number of hydrogen-bond donors (Lipinski definition) is 2. The van der Waals surface area contributed by atoms with Gasteiger partial charge in [0.2, 0.25) is 0 Å². The highest BCUT2D eigenvalue weighted by Crippen LogP contribution is 2.29. The molecule has 174 valence electrons. The molecule has 0 amide bonds. The third-order valence-electron chi connectivity index (χ3n) is 4.69. The molecule has 0 saturated carbocycles. The average Bonchev–Trinajstić information content (AvgIpc) is 2.73. The van der Waals surface area contributed by atoms with Gasteiger partial charge in [-0.15, -0.1) is 0 Å². The summed E-state index contributed by atoms with van der Waals surface area (Å²) in [5.74, 6) is 0.348. The van der Waals surface area contributed by atoms with Crippen LogP contribution in [0.1, 0.15) is 11.1 Å². The molecule has 3 aromatic carbocycles. The van der Waals surface area contributed by atoms with Crippen LogP contribution in [-0.2, 0) is 20.0 Å². The van der Waals surface area contributed by atoms with Gasteiger partial charge < -0.3 is 4.74 Å². The van der Waals surface area contributed by atoms with E-state index in [4.69, 9.17) is 4.74 Å². The summed E-state index contributed by atoms with van der Waals surface area (Å²) in [6.07, 6.45) is 0. The van der Waals surface area contributed by atoms with Crippen LogP contribution in [0.5, 0.6) is 5.75 Å². The number of ether oxygens (including phenoxy) is 1. The molecule has 0 aliphatic heterocycles. The lowest BCUT2D eigenvalue weighted by molar-refractivity contribution is -0.385. The number of rotatable bonds is 8. The van der Waals surface area contributed by atoms with Crippen LogP contribution >= 0.6 is 0 Å². The molecule has 0 radical (unpaired) electrons. The van der Waals surface area contributed by atoms with Gasteiger partial charge in [0.05, 0.1) is 27.5 Å². The molecule has 0 spiro atoms. The summed E-state index contributed by atoms with van der Waals surface area (Å²) in [6.45, 7) is 3.32. The van der Waals surface area contributed by atoms with Crippen LogP contribution in [0, 0.1) is 24.0 Å². The number of nitro benzene ring substituents is 1. The summed E-state index contributed by atoms with van der Waals surface area (Å²) in [5.41, 5.74) is 1.15. The minimum atomic E-state index is -4.15. The highest BCUT2D eigenvalue weighted by Gasteiger charge is 2.22. The van der Waals surface area contributed by atoms with E-state index in [1.165, 1.54) is 50.4 Å². The van der Waals surface area contributed by atoms with E-state index in [0.717, 1.165) is 11.6 Å². The lowest BCUT2D eigenvalue weighted by Gasteiger charge is -2.13. The Morgan fingerprint density at radius 1 is 0.848 bits per heavy atom. The quantitative estimate of drug-likeness (QED) is 0.360. The average molecular weight is 492 g/mol. The normalized spacial score (nSPS) is 11.6. The van der Waals surface area contributed by atoms with Crippen molar-refractivity contribution in [3.8, 4) is 5.75 Å². The summed E-state index contributed by atoms with van der Waals surface area (Å²) in [6, 6.07) is 13.6. The fourth-order valence-corrected chi connectivity index (χ4v) is 5.39. The lowest BCUT2D eigenvalue weighted by atomic mass is 10.2. The summed E-state index contributed by atoms with van der Waals surface area (Å²) >= 11 is 0. The van der Waals surface area contributed by atoms with Crippen molar-refractivity contribution in [1.82, 2.24) is 0 Å². The molecule has 0 saturated heterocycles. The van der Waals surface area contributed by atoms with Gasteiger partial charge >= 0.3 is 0 Å². The number of sulfonamides is 2. The minimum Gasteiger partial charge on any atom is -0.495 e. The van der Waals surface area contributed by atoms with Gasteiger partial charge in [0, 0.05) is 17.8 Å². The van der Waals surface area contributed by atoms with Crippen molar-refractivity contribution >= 4 is 37.1 Å². The first-order valence-electron chi connectivity index (χ1n) is 9.48. The Hall–Kier alpha value is -3.64. The molecular formula is C21H21N3O7S2. The molecule has 0 unspecified atom stereocenters. The van der Waals surface area contributed by atoms with Gasteiger partial charge in [-0.1, -0.05) is 12.1 Å². The summed E-state index contributed by atoms with van der Waals surface area (Å²) in [4.78, 5) is 9.96. The zero-order valence-electron chi connectivity index (χ0n) is 17.9. The van der Waals surface area contributed by atoms with E-state index in [9.17, 15) is 26.9 Å². The number of non-ortho nitro benzene ring substituents is 1. The standard InChI is InChI=1S/C21H21N3O7S2/c1-14-4-11-20(31-3)19(12-14)23-32(27,28)18-9-6-16(7-10-18)22-33(29,30)21-13-17(24(25)26)8-5-15(21)2/h4-13,22-23H,1-3H3. The molecule has 0 aliphatic rings. The van der Waals surface area contributed by atoms with Gasteiger partial charge in [-0.25, -0.2) is 16.8 Å². The third-order valence-corrected chi connectivity index (χ3v) is 7.59. The predicted octanol–water partition coefficient (Wildman–Crippen LogP) is 3.82. The number of anilines is 2. The molecule has 10 nitrogen and oxygen atoms in total. The Morgan fingerprint density at radius 2 is 1.52 bits per heavy atom. The largest absolute Gasteiger partial charge is 0.495 e. The van der Waals surface area contributed by atoms with Gasteiger partial charge in [0.25, 0.3) is 25.7 Å². The lowest BCUT2D eigenvalue weighted by Crippen LogP contribution is -2.16. The number of methoxy groups -OCH3 is 1. The highest BCUT2D eigenvalue weighted by molar-refractivity contribution is 7.93. The number of aryl methyl sites for hydroxylation is 2. The molecule has 0 atom stereocenters. The SMILES string of the molecule is COc1ccc(C)cc1NS(=O)(=O)c1ccc(NS(=O)(=O)c2cc([N+](=O)[O-])ccc2C)cc1. The van der Waals surface area contributed by atoms with Crippen LogP contribution < -0.4 is 14.2 Å². The maximum absolute atomic E-state index is 12.8. The van der Waals surface area contributed by atoms with Crippen LogP contribution in [0.3, 0.4) is 0 Å². The zero-order chi connectivity index (χ0) is 24.4. The Labute approximate surface area is 191 Å². The second-order valence-corrected chi connectivity index (χ2v) is 10.5. The molecule has 3 aromatic rings. The molecule has 0 fully saturated rings. The fourth-order valence-electron chi connectivity index (χ4n) is 3.01. The summed E-state index contributed by atoms with van der Waals surface area (Å²) < 4.78 is 61.0. The topological polar surface area (TPSA) is 145 Å². The van der Waals surface area contributed by atoms with Gasteiger partial charge in [-0.05, 0) is 61.4 Å². The van der Waals surface area contributed by atoms with E-state index >= 15 is 0 Å². The Morgan fingerprint density at radius 3 is 2.12 bits per heavy atom. The Kier molecular flexibility index (Phi) is 6.60. The van der Waals surface area contributed by atoms with E-state index in [1.807, 2.05) is 0 Å². The second kappa shape index (κ2) is 9.08. The molecular weight excluding hydrogens is 470 g/mol. The van der Waals surface area contributed by atoms with E-state index in [1.54, 1.807) is 25.1 Å². The molecule has 0 aliphatic carbocycles. The van der Waals surface area contributed by atoms with Crippen LogP contribution in [0.15, 0.2) is 70.5 Å². The van der Waals surface area contributed by atoms with E-state index < -0.39 is 25.0 Å². The van der Waals surface area contributed by atoms with Crippen LogP contribution in [-0.4, -0.2) is 28.9 Å². The van der Waals surface area contributed by atoms with Gasteiger partial charge in [0.15, 0.2) is 0 Å². The molecule has 12 heteroatoms. The van der Waals surface area contributed by atoms with E-state index in [2.05, 4.69) is 9.44 Å². The van der Waals surface area contributed by atoms with Crippen molar-refractivity contribution in [3.63, 3.8) is 0 Å². The van der Waals surface area contributed by atoms with E-state index in [-0.39, 0.29) is 26.9 Å². The second-order valence-electron chi connectivity index (χ2n) is 7.15. The molecule has 0 bridgehead atoms. The number of nitro groups is 1. The van der Waals surface area contributed by atoms with Crippen molar-refractivity contribution in [3.05, 3.63) is 81.9 Å². The first-order chi connectivity index (χ1) is 15.4. The Bertz CT molecular complexity index is 1420. The highest BCUT2D eigenvalue weighted by atomic mass is 32.2. The summed E-state index contributed by atoms with van der Waals surface area (Å²) in [7, 11) is -6.70. The Balaban J connectivity index is 1.85. The smallest absolute Gasteiger partial charge is 0.270 e. The maximum Gasteiger partial charge on any atom is 0.270 e. The molecule has 33 heavy (non-hydrogen) atoms. The molecule has 2 N–H and O–H groups in total. The first-order valence-corrected chi connectivity index (χ1v) is 12.4. The monoisotopic (exact) mass is 491 g/mol. The zero-order valence-corrected chi connectivity index (χ0v) is 19.5.